The topological polar surface area (TPSA) is 63.5 Å². The number of amides is 1. The van der Waals surface area contributed by atoms with Crippen LogP contribution in [0.4, 0.5) is 5.69 Å². The SMILES string of the molecule is Cc1ccc(CCC(=O)N(C)Cc2ccccc2[N+](=O)[O-])cc1Cl. The first-order chi connectivity index (χ1) is 11.4. The smallest absolute Gasteiger partial charge is 0.274 e. The number of nitro benzene ring substituents is 1. The van der Waals surface area contributed by atoms with E-state index in [1.165, 1.54) is 11.0 Å². The Balaban J connectivity index is 1.97. The minimum absolute atomic E-state index is 0.0301. The lowest BCUT2D eigenvalue weighted by atomic mass is 10.1. The van der Waals surface area contributed by atoms with Crippen LogP contribution in [0.1, 0.15) is 23.1 Å². The summed E-state index contributed by atoms with van der Waals surface area (Å²) in [5.74, 6) is -0.0650. The van der Waals surface area contributed by atoms with Gasteiger partial charge >= 0.3 is 0 Å². The molecule has 0 unspecified atom stereocenters. The van der Waals surface area contributed by atoms with E-state index in [4.69, 9.17) is 11.6 Å². The standard InChI is InChI=1S/C18H19ClN2O3/c1-13-7-8-14(11-16(13)19)9-10-18(22)20(2)12-15-5-3-4-6-17(15)21(23)24/h3-8,11H,9-10,12H2,1-2H3. The van der Waals surface area contributed by atoms with Gasteiger partial charge in [0.15, 0.2) is 0 Å². The summed E-state index contributed by atoms with van der Waals surface area (Å²) in [7, 11) is 1.65. The number of benzene rings is 2. The van der Waals surface area contributed by atoms with E-state index < -0.39 is 4.92 Å². The van der Waals surface area contributed by atoms with Gasteiger partial charge in [0.1, 0.15) is 0 Å². The Morgan fingerprint density at radius 2 is 1.96 bits per heavy atom. The highest BCUT2D eigenvalue weighted by atomic mass is 35.5. The van der Waals surface area contributed by atoms with E-state index in [1.807, 2.05) is 25.1 Å². The van der Waals surface area contributed by atoms with Crippen molar-refractivity contribution in [2.45, 2.75) is 26.3 Å². The van der Waals surface area contributed by atoms with Crippen LogP contribution in [0.2, 0.25) is 5.02 Å². The van der Waals surface area contributed by atoms with Gasteiger partial charge in [-0.3, -0.25) is 14.9 Å². The molecule has 2 rings (SSSR count). The molecule has 2 aromatic rings. The van der Waals surface area contributed by atoms with E-state index in [0.717, 1.165) is 11.1 Å². The van der Waals surface area contributed by atoms with Crippen LogP contribution in [-0.2, 0) is 17.8 Å². The summed E-state index contributed by atoms with van der Waals surface area (Å²) in [4.78, 5) is 24.4. The van der Waals surface area contributed by atoms with Crippen LogP contribution < -0.4 is 0 Å². The fourth-order valence-corrected chi connectivity index (χ4v) is 2.60. The minimum Gasteiger partial charge on any atom is -0.341 e. The molecule has 1 amide bonds. The summed E-state index contributed by atoms with van der Waals surface area (Å²) in [6.07, 6.45) is 0.913. The summed E-state index contributed by atoms with van der Waals surface area (Å²) < 4.78 is 0. The average molecular weight is 347 g/mol. The predicted octanol–water partition coefficient (Wildman–Crippen LogP) is 4.15. The van der Waals surface area contributed by atoms with Crippen molar-refractivity contribution in [3.8, 4) is 0 Å². The van der Waals surface area contributed by atoms with Crippen molar-refractivity contribution in [1.29, 1.82) is 0 Å². The Bertz CT molecular complexity index is 762. The summed E-state index contributed by atoms with van der Waals surface area (Å²) in [6, 6.07) is 12.2. The highest BCUT2D eigenvalue weighted by molar-refractivity contribution is 6.31. The van der Waals surface area contributed by atoms with Gasteiger partial charge in [-0.1, -0.05) is 41.9 Å². The molecule has 0 spiro atoms. The van der Waals surface area contributed by atoms with Crippen molar-refractivity contribution in [3.63, 3.8) is 0 Å². The van der Waals surface area contributed by atoms with Crippen molar-refractivity contribution >= 4 is 23.2 Å². The number of nitrogens with zero attached hydrogens (tertiary/aromatic N) is 2. The minimum atomic E-state index is -0.429. The number of hydrogen-bond acceptors (Lipinski definition) is 3. The first-order valence-corrected chi connectivity index (χ1v) is 7.97. The van der Waals surface area contributed by atoms with E-state index in [2.05, 4.69) is 0 Å². The van der Waals surface area contributed by atoms with Crippen molar-refractivity contribution in [2.75, 3.05) is 7.05 Å². The lowest BCUT2D eigenvalue weighted by Gasteiger charge is -2.17. The van der Waals surface area contributed by atoms with Crippen LogP contribution in [-0.4, -0.2) is 22.8 Å². The van der Waals surface area contributed by atoms with Gasteiger partial charge in [0.05, 0.1) is 11.5 Å². The maximum Gasteiger partial charge on any atom is 0.274 e. The molecule has 24 heavy (non-hydrogen) atoms. The summed E-state index contributed by atoms with van der Waals surface area (Å²) in [5.41, 5.74) is 2.55. The molecule has 0 heterocycles. The monoisotopic (exact) mass is 346 g/mol. The Labute approximate surface area is 146 Å². The van der Waals surface area contributed by atoms with E-state index in [1.54, 1.807) is 25.2 Å². The number of carbonyl (C=O) groups excluding carboxylic acids is 1. The van der Waals surface area contributed by atoms with Gasteiger partial charge in [0, 0.05) is 30.1 Å². The van der Waals surface area contributed by atoms with Gasteiger partial charge in [0.2, 0.25) is 5.91 Å². The summed E-state index contributed by atoms with van der Waals surface area (Å²) in [6.45, 7) is 2.14. The predicted molar refractivity (Wildman–Crippen MR) is 94.1 cm³/mol. The average Bonchev–Trinajstić information content (AvgIpc) is 2.55. The zero-order chi connectivity index (χ0) is 17.7. The first-order valence-electron chi connectivity index (χ1n) is 7.59. The van der Waals surface area contributed by atoms with Crippen LogP contribution in [0.25, 0.3) is 0 Å². The molecule has 0 saturated heterocycles. The van der Waals surface area contributed by atoms with E-state index >= 15 is 0 Å². The normalized spacial score (nSPS) is 10.5. The molecule has 126 valence electrons. The van der Waals surface area contributed by atoms with Crippen molar-refractivity contribution in [3.05, 3.63) is 74.3 Å². The van der Waals surface area contributed by atoms with Gasteiger partial charge in [-0.2, -0.15) is 0 Å². The lowest BCUT2D eigenvalue weighted by Crippen LogP contribution is -2.26. The molecule has 0 aliphatic carbocycles. The lowest BCUT2D eigenvalue weighted by molar-refractivity contribution is -0.385. The van der Waals surface area contributed by atoms with Crippen LogP contribution in [0.5, 0.6) is 0 Å². The number of hydrogen-bond donors (Lipinski definition) is 0. The number of nitro groups is 1. The maximum absolute atomic E-state index is 12.3. The third-order valence-electron chi connectivity index (χ3n) is 3.89. The molecule has 0 aliphatic heterocycles. The van der Waals surface area contributed by atoms with Crippen LogP contribution in [0.3, 0.4) is 0 Å². The van der Waals surface area contributed by atoms with Gasteiger partial charge in [0.25, 0.3) is 5.69 Å². The third-order valence-corrected chi connectivity index (χ3v) is 4.29. The molecular weight excluding hydrogens is 328 g/mol. The Hall–Kier alpha value is -2.40. The number of rotatable bonds is 6. The Morgan fingerprint density at radius 3 is 2.62 bits per heavy atom. The molecule has 0 N–H and O–H groups in total. The van der Waals surface area contributed by atoms with E-state index in [9.17, 15) is 14.9 Å². The van der Waals surface area contributed by atoms with Gasteiger partial charge < -0.3 is 4.90 Å². The number of carbonyl (C=O) groups is 1. The number of aryl methyl sites for hydroxylation is 2. The molecule has 0 atom stereocenters. The summed E-state index contributed by atoms with van der Waals surface area (Å²) in [5, 5.41) is 11.7. The van der Waals surface area contributed by atoms with Gasteiger partial charge in [-0.25, -0.2) is 0 Å². The van der Waals surface area contributed by atoms with E-state index in [-0.39, 0.29) is 18.1 Å². The highest BCUT2D eigenvalue weighted by Crippen LogP contribution is 2.20. The van der Waals surface area contributed by atoms with Crippen molar-refractivity contribution < 1.29 is 9.72 Å². The highest BCUT2D eigenvalue weighted by Gasteiger charge is 2.16. The zero-order valence-corrected chi connectivity index (χ0v) is 14.4. The molecule has 2 aromatic carbocycles. The molecule has 0 saturated carbocycles. The second kappa shape index (κ2) is 7.93. The molecule has 0 aliphatic rings. The largest absolute Gasteiger partial charge is 0.341 e. The molecule has 0 radical (unpaired) electrons. The zero-order valence-electron chi connectivity index (χ0n) is 13.7. The Morgan fingerprint density at radius 1 is 1.25 bits per heavy atom. The van der Waals surface area contributed by atoms with E-state index in [0.29, 0.717) is 23.4 Å². The number of halogens is 1. The quantitative estimate of drug-likeness (QED) is 0.583. The summed E-state index contributed by atoms with van der Waals surface area (Å²) >= 11 is 6.09. The molecular formula is C18H19ClN2O3. The second-order valence-corrected chi connectivity index (χ2v) is 6.13. The van der Waals surface area contributed by atoms with Crippen molar-refractivity contribution in [2.24, 2.45) is 0 Å². The third kappa shape index (κ3) is 4.55. The first kappa shape index (κ1) is 17.9. The van der Waals surface area contributed by atoms with Crippen molar-refractivity contribution in [1.82, 2.24) is 4.90 Å². The molecule has 0 fully saturated rings. The fourth-order valence-electron chi connectivity index (χ4n) is 2.40. The van der Waals surface area contributed by atoms with Gasteiger partial charge in [-0.15, -0.1) is 0 Å². The maximum atomic E-state index is 12.3. The van der Waals surface area contributed by atoms with Crippen LogP contribution in [0, 0.1) is 17.0 Å². The van der Waals surface area contributed by atoms with Gasteiger partial charge in [-0.05, 0) is 30.5 Å². The molecule has 0 bridgehead atoms. The molecule has 0 aromatic heterocycles. The fraction of sp³-hybridized carbons (Fsp3) is 0.278. The van der Waals surface area contributed by atoms with Crippen LogP contribution in [0.15, 0.2) is 42.5 Å². The van der Waals surface area contributed by atoms with Crippen LogP contribution >= 0.6 is 11.6 Å². The molecule has 5 nitrogen and oxygen atoms in total. The second-order valence-electron chi connectivity index (χ2n) is 5.72. The number of para-hydroxylation sites is 1. The Kier molecular flexibility index (Phi) is 5.93. The molecule has 6 heteroatoms.